The van der Waals surface area contributed by atoms with Crippen LogP contribution in [0.1, 0.15) is 24.8 Å². The van der Waals surface area contributed by atoms with Gasteiger partial charge in [0.1, 0.15) is 0 Å². The van der Waals surface area contributed by atoms with Crippen molar-refractivity contribution in [3.63, 3.8) is 0 Å². The Labute approximate surface area is 114 Å². The zero-order valence-corrected chi connectivity index (χ0v) is 11.8. The Hall–Kier alpha value is -1.17. The lowest BCUT2D eigenvalue weighted by Crippen LogP contribution is -2.28. The average molecular weight is 265 g/mol. The second-order valence-electron chi connectivity index (χ2n) is 4.85. The predicted molar refractivity (Wildman–Crippen MR) is 73.7 cm³/mol. The van der Waals surface area contributed by atoms with E-state index < -0.39 is 0 Å². The quantitative estimate of drug-likeness (QED) is 0.758. The van der Waals surface area contributed by atoms with E-state index in [0.29, 0.717) is 0 Å². The molecular weight excluding hydrogens is 242 g/mol. The molecule has 5 nitrogen and oxygen atoms in total. The molecule has 1 N–H and O–H groups in total. The third-order valence-electron chi connectivity index (χ3n) is 3.26. The van der Waals surface area contributed by atoms with Gasteiger partial charge in [0.15, 0.2) is 5.76 Å². The van der Waals surface area contributed by atoms with Gasteiger partial charge in [0.2, 0.25) is 0 Å². The van der Waals surface area contributed by atoms with Crippen molar-refractivity contribution >= 4 is 0 Å². The fourth-order valence-corrected chi connectivity index (χ4v) is 2.20. The van der Waals surface area contributed by atoms with Gasteiger partial charge in [-0.3, -0.25) is 4.90 Å². The van der Waals surface area contributed by atoms with Crippen LogP contribution in [0.4, 0.5) is 0 Å². The molecule has 19 heavy (non-hydrogen) atoms. The number of aromatic nitrogens is 1. The molecule has 2 rings (SSSR count). The zero-order chi connectivity index (χ0) is 13.5. The highest BCUT2D eigenvalue weighted by Gasteiger charge is 2.14. The molecule has 0 amide bonds. The highest BCUT2D eigenvalue weighted by atomic mass is 16.5. The number of methoxy groups -OCH3 is 1. The molecule has 1 aromatic heterocycles. The second-order valence-corrected chi connectivity index (χ2v) is 4.85. The summed E-state index contributed by atoms with van der Waals surface area (Å²) in [4.78, 5) is 2.36. The minimum atomic E-state index is 0.753. The molecule has 0 spiro atoms. The van der Waals surface area contributed by atoms with Crippen LogP contribution in [-0.4, -0.2) is 43.4 Å². The van der Waals surface area contributed by atoms with Crippen LogP contribution >= 0.6 is 0 Å². The Morgan fingerprint density at radius 1 is 1.53 bits per heavy atom. The number of rotatable bonds is 7. The van der Waals surface area contributed by atoms with E-state index in [1.807, 2.05) is 6.07 Å². The maximum absolute atomic E-state index is 5.36. The summed E-state index contributed by atoms with van der Waals surface area (Å²) in [6.45, 7) is 7.40. The Balaban J connectivity index is 1.80. The molecule has 0 aliphatic carbocycles. The highest BCUT2D eigenvalue weighted by molar-refractivity contribution is 5.10. The van der Waals surface area contributed by atoms with Gasteiger partial charge in [-0.15, -0.1) is 0 Å². The number of nitrogens with one attached hydrogen (secondary N) is 1. The van der Waals surface area contributed by atoms with E-state index in [1.54, 1.807) is 7.11 Å². The summed E-state index contributed by atoms with van der Waals surface area (Å²) >= 11 is 0. The number of hydrogen-bond donors (Lipinski definition) is 1. The van der Waals surface area contributed by atoms with Crippen molar-refractivity contribution in [3.05, 3.63) is 29.2 Å². The van der Waals surface area contributed by atoms with E-state index >= 15 is 0 Å². The van der Waals surface area contributed by atoms with Crippen molar-refractivity contribution in [1.29, 1.82) is 0 Å². The minimum absolute atomic E-state index is 0.753. The lowest BCUT2D eigenvalue weighted by molar-refractivity contribution is 0.204. The summed E-state index contributed by atoms with van der Waals surface area (Å²) in [6, 6.07) is 2.04. The number of hydrogen-bond acceptors (Lipinski definition) is 5. The van der Waals surface area contributed by atoms with Gasteiger partial charge < -0.3 is 14.6 Å². The third-order valence-corrected chi connectivity index (χ3v) is 3.26. The molecule has 0 bridgehead atoms. The molecule has 1 aliphatic rings. The summed E-state index contributed by atoms with van der Waals surface area (Å²) in [5, 5.41) is 7.31. The molecule has 0 atom stereocenters. The number of ether oxygens (including phenoxy) is 1. The predicted octanol–water partition coefficient (Wildman–Crippen LogP) is 1.56. The van der Waals surface area contributed by atoms with E-state index in [1.165, 1.54) is 5.57 Å². The molecule has 5 heteroatoms. The first-order valence-electron chi connectivity index (χ1n) is 6.86. The molecule has 0 fully saturated rings. The van der Waals surface area contributed by atoms with Crippen molar-refractivity contribution in [3.8, 4) is 0 Å². The molecule has 0 unspecified atom stereocenters. The summed E-state index contributed by atoms with van der Waals surface area (Å²) in [5.74, 6) is 0.941. The molecule has 106 valence electrons. The summed E-state index contributed by atoms with van der Waals surface area (Å²) in [7, 11) is 1.74. The smallest absolute Gasteiger partial charge is 0.151 e. The molecule has 1 aliphatic heterocycles. The maximum atomic E-state index is 5.36. The summed E-state index contributed by atoms with van der Waals surface area (Å²) < 4.78 is 10.5. The van der Waals surface area contributed by atoms with Gasteiger partial charge >= 0.3 is 0 Å². The lowest BCUT2D eigenvalue weighted by Gasteiger charge is -2.24. The Morgan fingerprint density at radius 3 is 3.11 bits per heavy atom. The fourth-order valence-electron chi connectivity index (χ4n) is 2.20. The monoisotopic (exact) mass is 265 g/mol. The molecule has 0 radical (unpaired) electrons. The van der Waals surface area contributed by atoms with Gasteiger partial charge in [0.25, 0.3) is 0 Å². The van der Waals surface area contributed by atoms with Crippen LogP contribution in [0.2, 0.25) is 0 Å². The van der Waals surface area contributed by atoms with Gasteiger partial charge in [0, 0.05) is 32.8 Å². The maximum Gasteiger partial charge on any atom is 0.151 e. The molecule has 2 heterocycles. The minimum Gasteiger partial charge on any atom is -0.380 e. The summed E-state index contributed by atoms with van der Waals surface area (Å²) in [6.07, 6.45) is 3.33. The van der Waals surface area contributed by atoms with Crippen LogP contribution in [0.3, 0.4) is 0 Å². The molecule has 0 aromatic carbocycles. The van der Waals surface area contributed by atoms with Gasteiger partial charge in [-0.25, -0.2) is 0 Å². The van der Waals surface area contributed by atoms with E-state index in [9.17, 15) is 0 Å². The normalized spacial score (nSPS) is 16.6. The third kappa shape index (κ3) is 4.45. The highest BCUT2D eigenvalue weighted by Crippen LogP contribution is 2.14. The standard InChI is InChI=1S/C14H23N3O2/c1-3-15-9-13-8-14(19-16-13)10-17-6-4-12(5-7-17)11-18-2/h4,8,15H,3,5-7,9-11H2,1-2H3. The molecule has 0 saturated carbocycles. The van der Waals surface area contributed by atoms with E-state index in [0.717, 1.165) is 57.2 Å². The van der Waals surface area contributed by atoms with Crippen LogP contribution in [-0.2, 0) is 17.8 Å². The Morgan fingerprint density at radius 2 is 2.42 bits per heavy atom. The van der Waals surface area contributed by atoms with Crippen molar-refractivity contribution in [2.24, 2.45) is 0 Å². The summed E-state index contributed by atoms with van der Waals surface area (Å²) in [5.41, 5.74) is 2.37. The first kappa shape index (κ1) is 14.2. The zero-order valence-electron chi connectivity index (χ0n) is 11.8. The van der Waals surface area contributed by atoms with Crippen LogP contribution in [0, 0.1) is 0 Å². The first-order chi connectivity index (χ1) is 9.31. The Kier molecular flexibility index (Phi) is 5.57. The van der Waals surface area contributed by atoms with Crippen LogP contribution < -0.4 is 5.32 Å². The second kappa shape index (κ2) is 7.43. The van der Waals surface area contributed by atoms with E-state index in [2.05, 4.69) is 28.4 Å². The van der Waals surface area contributed by atoms with Gasteiger partial charge in [-0.2, -0.15) is 0 Å². The Bertz CT molecular complexity index is 415. The molecule has 1 aromatic rings. The van der Waals surface area contributed by atoms with E-state index in [4.69, 9.17) is 9.26 Å². The van der Waals surface area contributed by atoms with Crippen LogP contribution in [0.15, 0.2) is 22.2 Å². The van der Waals surface area contributed by atoms with Crippen molar-refractivity contribution < 1.29 is 9.26 Å². The van der Waals surface area contributed by atoms with Crippen LogP contribution in [0.5, 0.6) is 0 Å². The topological polar surface area (TPSA) is 50.5 Å². The lowest BCUT2D eigenvalue weighted by atomic mass is 10.1. The van der Waals surface area contributed by atoms with Gasteiger partial charge in [-0.05, 0) is 18.5 Å². The SMILES string of the molecule is CCNCc1cc(CN2CC=C(COC)CC2)on1. The van der Waals surface area contributed by atoms with Crippen LogP contribution in [0.25, 0.3) is 0 Å². The van der Waals surface area contributed by atoms with Crippen molar-refractivity contribution in [2.45, 2.75) is 26.4 Å². The molecular formula is C14H23N3O2. The average Bonchev–Trinajstić information content (AvgIpc) is 2.87. The molecule has 0 saturated heterocycles. The largest absolute Gasteiger partial charge is 0.380 e. The first-order valence-corrected chi connectivity index (χ1v) is 6.86. The fraction of sp³-hybridized carbons (Fsp3) is 0.643. The van der Waals surface area contributed by atoms with Gasteiger partial charge in [0.05, 0.1) is 18.8 Å². The van der Waals surface area contributed by atoms with E-state index in [-0.39, 0.29) is 0 Å². The number of nitrogens with zero attached hydrogens (tertiary/aromatic N) is 2. The van der Waals surface area contributed by atoms with Gasteiger partial charge in [-0.1, -0.05) is 18.2 Å². The van der Waals surface area contributed by atoms with Crippen molar-refractivity contribution in [2.75, 3.05) is 33.4 Å². The van der Waals surface area contributed by atoms with Crippen molar-refractivity contribution in [1.82, 2.24) is 15.4 Å².